The molecular weight excluding hydrogens is 313 g/mol. The molecule has 1 saturated heterocycles. The van der Waals surface area contributed by atoms with Crippen LogP contribution in [0.1, 0.15) is 0 Å². The zero-order chi connectivity index (χ0) is 13.3. The molecule has 2 rings (SSSR count). The number of H-pyrrole nitrogens is 1. The monoisotopic (exact) mass is 323 g/mol. The quantitative estimate of drug-likeness (QED) is 0.540. The Kier molecular flexibility index (Phi) is 3.95. The molecule has 0 spiro atoms. The maximum atomic E-state index is 13.3. The van der Waals surface area contributed by atoms with Gasteiger partial charge in [-0.2, -0.15) is 4.98 Å². The topological polar surface area (TPSA) is 107 Å². The summed E-state index contributed by atoms with van der Waals surface area (Å²) in [7, 11) is 0. The van der Waals surface area contributed by atoms with E-state index < -0.39 is 34.8 Å². The molecule has 100 valence electrons. The summed E-state index contributed by atoms with van der Waals surface area (Å²) in [6.07, 6.45) is -1.80. The van der Waals surface area contributed by atoms with E-state index in [2.05, 4.69) is 31.2 Å². The van der Waals surface area contributed by atoms with Gasteiger partial charge in [0.1, 0.15) is 11.9 Å². The maximum absolute atomic E-state index is 13.3. The molecule has 0 aliphatic carbocycles. The van der Waals surface area contributed by atoms with Gasteiger partial charge in [-0.05, 0) is 0 Å². The van der Waals surface area contributed by atoms with E-state index in [1.807, 2.05) is 0 Å². The summed E-state index contributed by atoms with van der Waals surface area (Å²) in [5.74, 6) is -0.999. The van der Waals surface area contributed by atoms with Crippen molar-refractivity contribution in [1.29, 1.82) is 0 Å². The van der Waals surface area contributed by atoms with Crippen molar-refractivity contribution in [3.05, 3.63) is 22.5 Å². The van der Waals surface area contributed by atoms with Crippen LogP contribution in [0.15, 0.2) is 11.0 Å². The molecule has 18 heavy (non-hydrogen) atoms. The van der Waals surface area contributed by atoms with Gasteiger partial charge in [0.05, 0.1) is 23.7 Å². The molecule has 2 heterocycles. The van der Waals surface area contributed by atoms with Crippen LogP contribution < -0.4 is 11.0 Å². The van der Waals surface area contributed by atoms with Gasteiger partial charge in [-0.15, -0.1) is 0 Å². The highest BCUT2D eigenvalue weighted by Gasteiger charge is 2.42. The van der Waals surface area contributed by atoms with Gasteiger partial charge in [0.2, 0.25) is 0 Å². The minimum atomic E-state index is -1.00. The molecule has 7 nitrogen and oxygen atoms in total. The summed E-state index contributed by atoms with van der Waals surface area (Å²) >= 11 is 3.16. The third-order valence-electron chi connectivity index (χ3n) is 2.55. The highest BCUT2D eigenvalue weighted by molar-refractivity contribution is 9.09. The molecule has 1 aliphatic rings. The van der Waals surface area contributed by atoms with E-state index >= 15 is 0 Å². The highest BCUT2D eigenvalue weighted by Crippen LogP contribution is 2.27. The molecule has 1 aromatic heterocycles. The number of aliphatic hydroxyl groups is 2. The standard InChI is InChI=1S/C9H11BrFN3O4/c10-5-4(2-15)18-8(6(5)16)13-7-3(11)1-12-9(17)14-7/h1,4-6,8,15-16H,2H2,(H2,12,13,14,17)/t4-,5+,6-,8-/m1/s1. The molecule has 1 aliphatic heterocycles. The third-order valence-corrected chi connectivity index (χ3v) is 3.68. The molecule has 0 bridgehead atoms. The number of hydrogen-bond acceptors (Lipinski definition) is 6. The fourth-order valence-electron chi connectivity index (χ4n) is 1.62. The van der Waals surface area contributed by atoms with E-state index in [1.165, 1.54) is 0 Å². The molecule has 0 saturated carbocycles. The normalized spacial score (nSPS) is 31.6. The minimum absolute atomic E-state index is 0.225. The van der Waals surface area contributed by atoms with Crippen LogP contribution in [0.5, 0.6) is 0 Å². The molecule has 0 amide bonds. The highest BCUT2D eigenvalue weighted by atomic mass is 79.9. The summed E-state index contributed by atoms with van der Waals surface area (Å²) in [6.45, 7) is -0.291. The average Bonchev–Trinajstić information content (AvgIpc) is 2.62. The van der Waals surface area contributed by atoms with Crippen LogP contribution in [0.25, 0.3) is 0 Å². The lowest BCUT2D eigenvalue weighted by Gasteiger charge is -2.17. The Morgan fingerprint density at radius 2 is 2.39 bits per heavy atom. The van der Waals surface area contributed by atoms with E-state index in [-0.39, 0.29) is 12.4 Å². The number of anilines is 1. The maximum Gasteiger partial charge on any atom is 0.346 e. The number of nitrogens with one attached hydrogen (secondary N) is 2. The van der Waals surface area contributed by atoms with Crippen molar-refractivity contribution in [3.8, 4) is 0 Å². The number of nitrogens with zero attached hydrogens (tertiary/aromatic N) is 1. The number of alkyl halides is 1. The van der Waals surface area contributed by atoms with Gasteiger partial charge >= 0.3 is 5.69 Å². The molecule has 4 atom stereocenters. The first-order chi connectivity index (χ1) is 8.52. The Labute approximate surface area is 109 Å². The molecule has 0 unspecified atom stereocenters. The number of halogens is 2. The molecule has 4 N–H and O–H groups in total. The van der Waals surface area contributed by atoms with Crippen LogP contribution in [-0.4, -0.2) is 50.1 Å². The van der Waals surface area contributed by atoms with Crippen LogP contribution in [0, 0.1) is 5.82 Å². The first kappa shape index (κ1) is 13.4. The van der Waals surface area contributed by atoms with E-state index in [9.17, 15) is 14.3 Å². The fourth-order valence-corrected chi connectivity index (χ4v) is 2.19. The summed E-state index contributed by atoms with van der Waals surface area (Å²) in [6, 6.07) is 0. The van der Waals surface area contributed by atoms with Crippen molar-refractivity contribution in [2.75, 3.05) is 11.9 Å². The Hall–Kier alpha value is -1.03. The van der Waals surface area contributed by atoms with Crippen molar-refractivity contribution in [1.82, 2.24) is 9.97 Å². The SMILES string of the molecule is O=c1ncc(F)c(N[C@@H]2O[C@H](CO)[C@H](Br)[C@H]2O)[nH]1. The molecule has 0 aromatic carbocycles. The van der Waals surface area contributed by atoms with E-state index in [0.717, 1.165) is 6.20 Å². The van der Waals surface area contributed by atoms with Crippen molar-refractivity contribution in [2.24, 2.45) is 0 Å². The molecule has 1 fully saturated rings. The van der Waals surface area contributed by atoms with Crippen LogP contribution in [-0.2, 0) is 4.74 Å². The van der Waals surface area contributed by atoms with Crippen LogP contribution >= 0.6 is 15.9 Å². The van der Waals surface area contributed by atoms with Gasteiger partial charge in [-0.25, -0.2) is 9.18 Å². The van der Waals surface area contributed by atoms with Crippen LogP contribution in [0.3, 0.4) is 0 Å². The predicted molar refractivity (Wildman–Crippen MR) is 62.9 cm³/mol. The van der Waals surface area contributed by atoms with Gasteiger partial charge in [0, 0.05) is 0 Å². The predicted octanol–water partition coefficient (Wildman–Crippen LogP) is -0.838. The number of hydrogen-bond donors (Lipinski definition) is 4. The minimum Gasteiger partial charge on any atom is -0.394 e. The second-order valence-electron chi connectivity index (χ2n) is 3.77. The summed E-state index contributed by atoms with van der Waals surface area (Å²) in [5.41, 5.74) is -0.722. The van der Waals surface area contributed by atoms with E-state index in [4.69, 9.17) is 9.84 Å². The van der Waals surface area contributed by atoms with Crippen molar-refractivity contribution >= 4 is 21.7 Å². The van der Waals surface area contributed by atoms with Gasteiger partial charge in [-0.3, -0.25) is 4.98 Å². The first-order valence-corrected chi connectivity index (χ1v) is 6.04. The lowest BCUT2D eigenvalue weighted by Crippen LogP contribution is -2.34. The lowest BCUT2D eigenvalue weighted by atomic mass is 10.2. The number of aromatic amines is 1. The molecule has 0 radical (unpaired) electrons. The zero-order valence-corrected chi connectivity index (χ0v) is 10.6. The van der Waals surface area contributed by atoms with Crippen LogP contribution in [0.4, 0.5) is 10.2 Å². The summed E-state index contributed by atoms with van der Waals surface area (Å²) in [5, 5.41) is 21.3. The summed E-state index contributed by atoms with van der Waals surface area (Å²) < 4.78 is 18.6. The van der Waals surface area contributed by atoms with Gasteiger partial charge < -0.3 is 20.3 Å². The van der Waals surface area contributed by atoms with Gasteiger partial charge in [0.15, 0.2) is 12.0 Å². The van der Waals surface area contributed by atoms with Gasteiger partial charge in [-0.1, -0.05) is 15.9 Å². The Balaban J connectivity index is 2.15. The number of aliphatic hydroxyl groups excluding tert-OH is 2. The smallest absolute Gasteiger partial charge is 0.346 e. The van der Waals surface area contributed by atoms with E-state index in [1.54, 1.807) is 0 Å². The Morgan fingerprint density at radius 1 is 1.67 bits per heavy atom. The van der Waals surface area contributed by atoms with Gasteiger partial charge in [0.25, 0.3) is 0 Å². The average molecular weight is 324 g/mol. The first-order valence-electron chi connectivity index (χ1n) is 5.12. The summed E-state index contributed by atoms with van der Waals surface area (Å²) in [4.78, 5) is 15.8. The van der Waals surface area contributed by atoms with E-state index in [0.29, 0.717) is 0 Å². The molecule has 9 heteroatoms. The number of ether oxygens (including phenoxy) is 1. The number of rotatable bonds is 3. The fraction of sp³-hybridized carbons (Fsp3) is 0.556. The molecule has 1 aromatic rings. The Bertz CT molecular complexity index is 485. The van der Waals surface area contributed by atoms with Crippen molar-refractivity contribution < 1.29 is 19.3 Å². The van der Waals surface area contributed by atoms with Crippen molar-refractivity contribution in [3.63, 3.8) is 0 Å². The zero-order valence-electron chi connectivity index (χ0n) is 9.01. The van der Waals surface area contributed by atoms with Crippen LogP contribution in [0.2, 0.25) is 0 Å². The Morgan fingerprint density at radius 3 is 3.00 bits per heavy atom. The third kappa shape index (κ3) is 2.53. The molecular formula is C9H11BrFN3O4. The lowest BCUT2D eigenvalue weighted by molar-refractivity contribution is 0.00529. The second kappa shape index (κ2) is 5.31. The second-order valence-corrected chi connectivity index (χ2v) is 4.83. The largest absolute Gasteiger partial charge is 0.394 e. The number of aromatic nitrogens is 2. The van der Waals surface area contributed by atoms with Crippen molar-refractivity contribution in [2.45, 2.75) is 23.3 Å².